The minimum Gasteiger partial charge on any atom is -0.289 e. The van der Waals surface area contributed by atoms with Gasteiger partial charge in [0.1, 0.15) is 0 Å². The van der Waals surface area contributed by atoms with Crippen LogP contribution in [0.25, 0.3) is 12.2 Å². The topological polar surface area (TPSA) is 17.1 Å². The lowest BCUT2D eigenvalue weighted by atomic mass is 9.87. The number of hydrogen-bond acceptors (Lipinski definition) is 2. The molecule has 1 saturated carbocycles. The van der Waals surface area contributed by atoms with Crippen molar-refractivity contribution in [2.45, 2.75) is 19.3 Å². The zero-order valence-electron chi connectivity index (χ0n) is 11.5. The largest absolute Gasteiger partial charge is 0.289 e. The average Bonchev–Trinajstić information content (AvgIpc) is 2.99. The van der Waals surface area contributed by atoms with Gasteiger partial charge in [-0.05, 0) is 60.6 Å². The van der Waals surface area contributed by atoms with E-state index in [1.165, 1.54) is 0 Å². The van der Waals surface area contributed by atoms with Crippen LogP contribution in [-0.4, -0.2) is 5.78 Å². The smallest absolute Gasteiger partial charge is 0.185 e. The fraction of sp³-hybridized carbons (Fsp3) is 0.167. The average molecular weight is 359 g/mol. The normalized spacial score (nSPS) is 19.4. The minimum atomic E-state index is 0.206. The van der Waals surface area contributed by atoms with Crippen molar-refractivity contribution in [3.8, 4) is 0 Å². The lowest BCUT2D eigenvalue weighted by Crippen LogP contribution is -2.12. The highest BCUT2D eigenvalue weighted by Crippen LogP contribution is 2.29. The number of hydrogen-bond donors (Lipinski definition) is 0. The number of allylic oxidation sites excluding steroid dienone is 2. The van der Waals surface area contributed by atoms with Crippen molar-refractivity contribution < 1.29 is 4.79 Å². The van der Waals surface area contributed by atoms with Crippen LogP contribution in [0.1, 0.15) is 29.7 Å². The fourth-order valence-corrected chi connectivity index (χ4v) is 3.43. The third-order valence-electron chi connectivity index (χ3n) is 3.55. The summed E-state index contributed by atoms with van der Waals surface area (Å²) in [6.07, 6.45) is 6.87. The first-order valence-corrected chi connectivity index (χ1v) is 8.64. The lowest BCUT2D eigenvalue weighted by Gasteiger charge is -2.16. The molecule has 1 aliphatic rings. The molecule has 0 spiro atoms. The van der Waals surface area contributed by atoms with Gasteiger partial charge in [0.25, 0.3) is 0 Å². The molecule has 0 atom stereocenters. The molecule has 1 heterocycles. The van der Waals surface area contributed by atoms with Crippen LogP contribution in [0, 0.1) is 0 Å². The molecule has 3 rings (SSSR count). The number of Topliss-reactive ketones (excluding diaryl/α,β-unsaturated/α-hetero) is 1. The van der Waals surface area contributed by atoms with Gasteiger partial charge in [-0.2, -0.15) is 0 Å². The number of halogens is 1. The van der Waals surface area contributed by atoms with E-state index in [4.69, 9.17) is 0 Å². The number of thiophene rings is 1. The molecule has 0 N–H and O–H groups in total. The van der Waals surface area contributed by atoms with Gasteiger partial charge in [-0.3, -0.25) is 4.79 Å². The van der Waals surface area contributed by atoms with E-state index < -0.39 is 0 Å². The Hall–Kier alpha value is -1.45. The number of ketones is 1. The Morgan fingerprint density at radius 3 is 2.38 bits per heavy atom. The molecule has 1 aromatic heterocycles. The molecule has 2 aromatic rings. The second kappa shape index (κ2) is 6.54. The first kappa shape index (κ1) is 14.5. The summed E-state index contributed by atoms with van der Waals surface area (Å²) >= 11 is 5.10. The Balaban J connectivity index is 1.86. The van der Waals surface area contributed by atoms with Crippen LogP contribution < -0.4 is 0 Å². The molecule has 1 aliphatic carbocycles. The fourth-order valence-electron chi connectivity index (χ4n) is 2.48. The molecule has 1 nitrogen and oxygen atoms in total. The Morgan fingerprint density at radius 1 is 1.00 bits per heavy atom. The van der Waals surface area contributed by atoms with Gasteiger partial charge in [0.05, 0.1) is 0 Å². The van der Waals surface area contributed by atoms with Crippen LogP contribution in [0.3, 0.4) is 0 Å². The summed E-state index contributed by atoms with van der Waals surface area (Å²) in [5.74, 6) is 0.206. The predicted octanol–water partition coefficient (Wildman–Crippen LogP) is 5.73. The summed E-state index contributed by atoms with van der Waals surface area (Å²) in [5.41, 5.74) is 2.94. The van der Waals surface area contributed by atoms with Gasteiger partial charge in [-0.25, -0.2) is 0 Å². The predicted molar refractivity (Wildman–Crippen MR) is 93.3 cm³/mol. The van der Waals surface area contributed by atoms with E-state index in [9.17, 15) is 4.79 Å². The van der Waals surface area contributed by atoms with E-state index in [1.54, 1.807) is 11.3 Å². The summed E-state index contributed by atoms with van der Waals surface area (Å²) in [6, 6.07) is 12.1. The van der Waals surface area contributed by atoms with Gasteiger partial charge in [-0.15, -0.1) is 11.3 Å². The van der Waals surface area contributed by atoms with Crippen molar-refractivity contribution in [3.63, 3.8) is 0 Å². The molecule has 3 heteroatoms. The summed E-state index contributed by atoms with van der Waals surface area (Å²) in [4.78, 5) is 13.7. The first-order valence-electron chi connectivity index (χ1n) is 6.97. The van der Waals surface area contributed by atoms with E-state index in [2.05, 4.69) is 22.0 Å². The highest BCUT2D eigenvalue weighted by Gasteiger charge is 2.20. The highest BCUT2D eigenvalue weighted by molar-refractivity contribution is 9.10. The summed E-state index contributed by atoms with van der Waals surface area (Å²) < 4.78 is 1.05. The minimum absolute atomic E-state index is 0.206. The van der Waals surface area contributed by atoms with Crippen LogP contribution >= 0.6 is 27.3 Å². The van der Waals surface area contributed by atoms with Crippen molar-refractivity contribution >= 4 is 45.2 Å². The quantitative estimate of drug-likeness (QED) is 0.626. The second-order valence-electron chi connectivity index (χ2n) is 5.09. The van der Waals surface area contributed by atoms with E-state index in [1.807, 2.05) is 47.9 Å². The van der Waals surface area contributed by atoms with Gasteiger partial charge >= 0.3 is 0 Å². The van der Waals surface area contributed by atoms with Crippen LogP contribution in [0.15, 0.2) is 57.4 Å². The van der Waals surface area contributed by atoms with Crippen molar-refractivity contribution in [3.05, 3.63) is 67.8 Å². The molecule has 0 aliphatic heterocycles. The molecule has 0 bridgehead atoms. The van der Waals surface area contributed by atoms with E-state index >= 15 is 0 Å². The van der Waals surface area contributed by atoms with E-state index in [0.29, 0.717) is 0 Å². The maximum Gasteiger partial charge on any atom is 0.185 e. The summed E-state index contributed by atoms with van der Waals surface area (Å²) in [5, 5.41) is 2.04. The Kier molecular flexibility index (Phi) is 4.51. The van der Waals surface area contributed by atoms with Gasteiger partial charge in [0.2, 0.25) is 0 Å². The van der Waals surface area contributed by atoms with Gasteiger partial charge < -0.3 is 0 Å². The van der Waals surface area contributed by atoms with E-state index in [-0.39, 0.29) is 5.78 Å². The molecule has 106 valence electrons. The standard InChI is InChI=1S/C18H15BrOS/c19-16-8-6-13(7-9-16)11-14-3-1-4-15(18(14)20)12-17-5-2-10-21-17/h2,5-12H,1,3-4H2/b14-11+,15-12+. The van der Waals surface area contributed by atoms with Crippen LogP contribution in [0.5, 0.6) is 0 Å². The highest BCUT2D eigenvalue weighted by atomic mass is 79.9. The number of carbonyl (C=O) groups excluding carboxylic acids is 1. The third kappa shape index (κ3) is 3.60. The zero-order valence-corrected chi connectivity index (χ0v) is 13.9. The molecular weight excluding hydrogens is 344 g/mol. The van der Waals surface area contributed by atoms with Crippen molar-refractivity contribution in [1.82, 2.24) is 0 Å². The summed E-state index contributed by atoms with van der Waals surface area (Å²) in [7, 11) is 0. The van der Waals surface area contributed by atoms with Gasteiger partial charge in [0, 0.05) is 20.5 Å². The summed E-state index contributed by atoms with van der Waals surface area (Å²) in [6.45, 7) is 0. The maximum absolute atomic E-state index is 12.6. The third-order valence-corrected chi connectivity index (χ3v) is 4.89. The number of rotatable bonds is 2. The zero-order chi connectivity index (χ0) is 14.7. The Bertz CT molecular complexity index is 693. The number of benzene rings is 1. The monoisotopic (exact) mass is 358 g/mol. The molecule has 1 fully saturated rings. The molecule has 0 saturated heterocycles. The molecule has 1 aromatic carbocycles. The molecule has 0 radical (unpaired) electrons. The van der Waals surface area contributed by atoms with Crippen LogP contribution in [0.2, 0.25) is 0 Å². The SMILES string of the molecule is O=C1/C(=C/c2ccc(Br)cc2)CCC/C1=C\c1cccs1. The van der Waals surface area contributed by atoms with E-state index in [0.717, 1.165) is 45.3 Å². The maximum atomic E-state index is 12.6. The molecule has 0 amide bonds. The second-order valence-corrected chi connectivity index (χ2v) is 6.98. The van der Waals surface area contributed by atoms with Crippen LogP contribution in [0.4, 0.5) is 0 Å². The molecule has 0 unspecified atom stereocenters. The molecular formula is C18H15BrOS. The first-order chi connectivity index (χ1) is 10.2. The van der Waals surface area contributed by atoms with Gasteiger partial charge in [-0.1, -0.05) is 34.1 Å². The lowest BCUT2D eigenvalue weighted by molar-refractivity contribution is -0.112. The van der Waals surface area contributed by atoms with Crippen molar-refractivity contribution in [2.75, 3.05) is 0 Å². The molecule has 21 heavy (non-hydrogen) atoms. The Labute approximate surface area is 137 Å². The van der Waals surface area contributed by atoms with Crippen molar-refractivity contribution in [2.24, 2.45) is 0 Å². The van der Waals surface area contributed by atoms with Crippen molar-refractivity contribution in [1.29, 1.82) is 0 Å². The van der Waals surface area contributed by atoms with Crippen LogP contribution in [-0.2, 0) is 4.79 Å². The number of carbonyl (C=O) groups is 1. The van der Waals surface area contributed by atoms with Gasteiger partial charge in [0.15, 0.2) is 5.78 Å². The Morgan fingerprint density at radius 2 is 1.71 bits per heavy atom.